The van der Waals surface area contributed by atoms with E-state index in [4.69, 9.17) is 14.2 Å². The average Bonchev–Trinajstić information content (AvgIpc) is 3.36. The highest BCUT2D eigenvalue weighted by Crippen LogP contribution is 2.53. The van der Waals surface area contributed by atoms with Crippen LogP contribution < -0.4 is 4.74 Å². The van der Waals surface area contributed by atoms with Crippen molar-refractivity contribution < 1.29 is 23.8 Å². The molecular weight excluding hydrogens is 358 g/mol. The predicted octanol–water partition coefficient (Wildman–Crippen LogP) is 2.88. The second-order valence-corrected chi connectivity index (χ2v) is 7.84. The molecule has 5 atom stereocenters. The molecule has 2 bridgehead atoms. The quantitative estimate of drug-likeness (QED) is 0.410. The zero-order valence-corrected chi connectivity index (χ0v) is 16.6. The van der Waals surface area contributed by atoms with Gasteiger partial charge in [-0.25, -0.2) is 0 Å². The number of methoxy groups -OCH3 is 1. The Morgan fingerprint density at radius 2 is 2.11 bits per heavy atom. The summed E-state index contributed by atoms with van der Waals surface area (Å²) in [5.41, 5.74) is 0.308. The number of ether oxygens (including phenoxy) is 3. The summed E-state index contributed by atoms with van der Waals surface area (Å²) in [7, 11) is 1.63. The van der Waals surface area contributed by atoms with Crippen LogP contribution in [0.4, 0.5) is 0 Å². The van der Waals surface area contributed by atoms with E-state index in [1.165, 1.54) is 0 Å². The van der Waals surface area contributed by atoms with Gasteiger partial charge in [-0.3, -0.25) is 9.59 Å². The molecule has 2 saturated heterocycles. The summed E-state index contributed by atoms with van der Waals surface area (Å²) in [5, 5.41) is 0. The van der Waals surface area contributed by atoms with E-state index in [1.54, 1.807) is 7.11 Å². The Labute approximate surface area is 165 Å². The molecule has 1 spiro atoms. The zero-order chi connectivity index (χ0) is 19.9. The van der Waals surface area contributed by atoms with E-state index in [2.05, 4.69) is 0 Å². The van der Waals surface area contributed by atoms with Gasteiger partial charge in [0, 0.05) is 0 Å². The minimum absolute atomic E-state index is 0.0346. The Bertz CT molecular complexity index is 789. The number of rotatable bonds is 7. The Balaban J connectivity index is 1.54. The number of amides is 1. The van der Waals surface area contributed by atoms with Gasteiger partial charge in [0.15, 0.2) is 0 Å². The van der Waals surface area contributed by atoms with Crippen molar-refractivity contribution in [3.05, 3.63) is 42.0 Å². The molecule has 0 N–H and O–H groups in total. The molecule has 0 radical (unpaired) electrons. The lowest BCUT2D eigenvalue weighted by atomic mass is 9.77. The highest BCUT2D eigenvalue weighted by molar-refractivity contribution is 5.91. The highest BCUT2D eigenvalue weighted by atomic mass is 16.6. The van der Waals surface area contributed by atoms with Crippen molar-refractivity contribution >= 4 is 11.9 Å². The standard InChI is InChI=1S/C22H27NO5/c1-4-5-12-27-21(25)18-17-10-11-22(28-17)13-23(20(24)19(18)22)14(2)15-6-8-16(26-3)9-7-15/h6-11,14,17-19H,4-5,12-13H2,1-3H3/t14-,17-,18+,19+,22-/m1/s1. The van der Waals surface area contributed by atoms with Crippen LogP contribution in [-0.4, -0.2) is 48.7 Å². The number of carbonyl (C=O) groups is 2. The Hall–Kier alpha value is -2.34. The molecule has 28 heavy (non-hydrogen) atoms. The topological polar surface area (TPSA) is 65.1 Å². The van der Waals surface area contributed by atoms with Gasteiger partial charge in [0.25, 0.3) is 0 Å². The van der Waals surface area contributed by atoms with E-state index < -0.39 is 17.4 Å². The van der Waals surface area contributed by atoms with E-state index in [9.17, 15) is 9.59 Å². The van der Waals surface area contributed by atoms with Crippen molar-refractivity contribution in [2.75, 3.05) is 20.3 Å². The van der Waals surface area contributed by atoms with Crippen LogP contribution in [0.25, 0.3) is 0 Å². The number of carbonyl (C=O) groups excluding carboxylic acids is 2. The third kappa shape index (κ3) is 2.91. The molecule has 4 rings (SSSR count). The van der Waals surface area contributed by atoms with Gasteiger partial charge in [0.2, 0.25) is 5.91 Å². The number of likely N-dealkylation sites (tertiary alicyclic amines) is 1. The van der Waals surface area contributed by atoms with Gasteiger partial charge in [-0.05, 0) is 31.0 Å². The molecule has 0 aliphatic carbocycles. The fourth-order valence-electron chi connectivity index (χ4n) is 4.60. The normalized spacial score (nSPS) is 31.2. The lowest BCUT2D eigenvalue weighted by molar-refractivity contribution is -0.154. The van der Waals surface area contributed by atoms with Crippen molar-refractivity contribution in [2.24, 2.45) is 11.8 Å². The number of fused-ring (bicyclic) bond motifs is 1. The van der Waals surface area contributed by atoms with Crippen LogP contribution >= 0.6 is 0 Å². The maximum Gasteiger partial charge on any atom is 0.312 e. The molecule has 2 fully saturated rings. The van der Waals surface area contributed by atoms with Crippen molar-refractivity contribution in [1.82, 2.24) is 4.90 Å². The molecule has 3 aliphatic rings. The summed E-state index contributed by atoms with van der Waals surface area (Å²) in [5.74, 6) is -0.631. The first-order chi connectivity index (χ1) is 13.5. The SMILES string of the molecule is CCCCOC(=O)[C@@H]1[C@H]2C(=O)N([C@H](C)c3ccc(OC)cc3)C[C@]23C=C[C@H]1O3. The van der Waals surface area contributed by atoms with Gasteiger partial charge in [-0.15, -0.1) is 0 Å². The van der Waals surface area contributed by atoms with E-state index in [1.807, 2.05) is 55.2 Å². The van der Waals surface area contributed by atoms with Crippen LogP contribution in [0.2, 0.25) is 0 Å². The molecule has 0 saturated carbocycles. The molecule has 1 aromatic rings. The molecule has 150 valence electrons. The monoisotopic (exact) mass is 385 g/mol. The van der Waals surface area contributed by atoms with Gasteiger partial charge in [-0.1, -0.05) is 37.6 Å². The number of esters is 1. The average molecular weight is 385 g/mol. The van der Waals surface area contributed by atoms with E-state index >= 15 is 0 Å². The molecular formula is C22H27NO5. The number of hydrogen-bond acceptors (Lipinski definition) is 5. The Morgan fingerprint density at radius 3 is 2.79 bits per heavy atom. The molecule has 1 amide bonds. The largest absolute Gasteiger partial charge is 0.497 e. The summed E-state index contributed by atoms with van der Waals surface area (Å²) >= 11 is 0. The lowest BCUT2D eigenvalue weighted by Crippen LogP contribution is -2.40. The summed E-state index contributed by atoms with van der Waals surface area (Å²) < 4.78 is 16.8. The first-order valence-electron chi connectivity index (χ1n) is 9.99. The molecule has 3 aliphatic heterocycles. The number of hydrogen-bond donors (Lipinski definition) is 0. The van der Waals surface area contributed by atoms with Crippen LogP contribution in [0.1, 0.15) is 38.3 Å². The van der Waals surface area contributed by atoms with Gasteiger partial charge in [0.05, 0.1) is 38.3 Å². The van der Waals surface area contributed by atoms with Crippen molar-refractivity contribution in [3.8, 4) is 5.75 Å². The molecule has 6 heteroatoms. The van der Waals surface area contributed by atoms with Crippen LogP contribution in [0, 0.1) is 11.8 Å². The first-order valence-corrected chi connectivity index (χ1v) is 9.99. The maximum atomic E-state index is 13.3. The minimum atomic E-state index is -0.711. The maximum absolute atomic E-state index is 13.3. The highest BCUT2D eigenvalue weighted by Gasteiger charge is 2.67. The Kier molecular flexibility index (Phi) is 4.91. The summed E-state index contributed by atoms with van der Waals surface area (Å²) in [6, 6.07) is 7.59. The smallest absolute Gasteiger partial charge is 0.312 e. The van der Waals surface area contributed by atoms with Gasteiger partial charge in [0.1, 0.15) is 17.3 Å². The predicted molar refractivity (Wildman–Crippen MR) is 103 cm³/mol. The molecule has 6 nitrogen and oxygen atoms in total. The van der Waals surface area contributed by atoms with Crippen molar-refractivity contribution in [2.45, 2.75) is 44.4 Å². The minimum Gasteiger partial charge on any atom is -0.497 e. The summed E-state index contributed by atoms with van der Waals surface area (Å²) in [4.78, 5) is 27.8. The van der Waals surface area contributed by atoms with Crippen molar-refractivity contribution in [1.29, 1.82) is 0 Å². The number of benzene rings is 1. The van der Waals surface area contributed by atoms with Gasteiger partial charge in [-0.2, -0.15) is 0 Å². The molecule has 0 unspecified atom stereocenters. The second kappa shape index (κ2) is 7.24. The third-order valence-corrected chi connectivity index (χ3v) is 6.21. The molecule has 0 aromatic heterocycles. The van der Waals surface area contributed by atoms with Gasteiger partial charge < -0.3 is 19.1 Å². The lowest BCUT2D eigenvalue weighted by Gasteiger charge is -2.27. The Morgan fingerprint density at radius 1 is 1.36 bits per heavy atom. The zero-order valence-electron chi connectivity index (χ0n) is 16.6. The summed E-state index contributed by atoms with van der Waals surface area (Å²) in [6.07, 6.45) is 5.30. The van der Waals surface area contributed by atoms with Crippen LogP contribution in [0.5, 0.6) is 5.75 Å². The fourth-order valence-corrected chi connectivity index (χ4v) is 4.60. The third-order valence-electron chi connectivity index (χ3n) is 6.21. The number of nitrogens with zero attached hydrogens (tertiary/aromatic N) is 1. The molecule has 3 heterocycles. The van der Waals surface area contributed by atoms with Crippen LogP contribution in [-0.2, 0) is 19.1 Å². The van der Waals surface area contributed by atoms with Crippen molar-refractivity contribution in [3.63, 3.8) is 0 Å². The van der Waals surface area contributed by atoms with Crippen LogP contribution in [0.3, 0.4) is 0 Å². The number of unbranched alkanes of at least 4 members (excludes halogenated alkanes) is 1. The van der Waals surface area contributed by atoms with E-state index in [0.29, 0.717) is 13.2 Å². The van der Waals surface area contributed by atoms with Gasteiger partial charge >= 0.3 is 5.97 Å². The van der Waals surface area contributed by atoms with E-state index in [0.717, 1.165) is 24.2 Å². The van der Waals surface area contributed by atoms with Crippen LogP contribution in [0.15, 0.2) is 36.4 Å². The fraction of sp³-hybridized carbons (Fsp3) is 0.545. The summed E-state index contributed by atoms with van der Waals surface area (Å²) in [6.45, 7) is 4.89. The molecule has 1 aromatic carbocycles. The second-order valence-electron chi connectivity index (χ2n) is 7.84. The van der Waals surface area contributed by atoms with E-state index in [-0.39, 0.29) is 24.0 Å². The first kappa shape index (κ1) is 19.0.